The van der Waals surface area contributed by atoms with E-state index in [2.05, 4.69) is 64.9 Å². The van der Waals surface area contributed by atoms with E-state index < -0.39 is 0 Å². The van der Waals surface area contributed by atoms with Gasteiger partial charge in [0.15, 0.2) is 0 Å². The van der Waals surface area contributed by atoms with Crippen LogP contribution < -0.4 is 4.90 Å². The van der Waals surface area contributed by atoms with E-state index in [1.54, 1.807) is 7.11 Å². The molecule has 1 N–H and O–H groups in total. The minimum Gasteiger partial charge on any atom is -0.396 e. The highest BCUT2D eigenvalue weighted by Gasteiger charge is 2.24. The second kappa shape index (κ2) is 16.2. The van der Waals surface area contributed by atoms with E-state index in [0.29, 0.717) is 5.25 Å². The molecule has 2 aromatic carbocycles. The summed E-state index contributed by atoms with van der Waals surface area (Å²) >= 11 is 9.58. The Morgan fingerprint density at radius 2 is 1.59 bits per heavy atom. The Hall–Kier alpha value is -0.930. The van der Waals surface area contributed by atoms with Gasteiger partial charge in [0.1, 0.15) is 0 Å². The number of rotatable bonds is 11. The first-order valence-corrected chi connectivity index (χ1v) is 15.5. The zero-order valence-electron chi connectivity index (χ0n) is 22.9. The van der Waals surface area contributed by atoms with E-state index >= 15 is 0 Å². The van der Waals surface area contributed by atoms with Crippen LogP contribution in [-0.4, -0.2) is 79.7 Å². The van der Waals surface area contributed by atoms with Crippen LogP contribution in [0.1, 0.15) is 40.0 Å². The predicted octanol–water partition coefficient (Wildman–Crippen LogP) is 7.05. The van der Waals surface area contributed by atoms with E-state index in [0.717, 1.165) is 30.3 Å². The van der Waals surface area contributed by atoms with E-state index in [9.17, 15) is 0 Å². The number of piperazine rings is 1. The third-order valence-electron chi connectivity index (χ3n) is 6.73. The molecule has 2 aromatic rings. The number of fused-ring (bicyclic) bond motifs is 2. The lowest BCUT2D eigenvalue weighted by Gasteiger charge is -2.36. The quantitative estimate of drug-likeness (QED) is 0.293. The summed E-state index contributed by atoms with van der Waals surface area (Å²) in [7, 11) is 1.64. The first kappa shape index (κ1) is 30.6. The normalized spacial score (nSPS) is 16.7. The summed E-state index contributed by atoms with van der Waals surface area (Å²) in [5.74, 6) is 0.801. The van der Waals surface area contributed by atoms with Crippen LogP contribution in [0.4, 0.5) is 11.4 Å². The van der Waals surface area contributed by atoms with Crippen LogP contribution in [0.25, 0.3) is 0 Å². The number of hydrogen-bond acceptors (Lipinski definition) is 7. The number of aliphatic hydroxyl groups excluding tert-OH is 1. The first-order chi connectivity index (χ1) is 17.9. The number of benzene rings is 2. The summed E-state index contributed by atoms with van der Waals surface area (Å²) in [6.45, 7) is 15.2. The number of hydrogen-bond donors (Lipinski definition) is 1. The lowest BCUT2D eigenvalue weighted by atomic mass is 10.1. The van der Waals surface area contributed by atoms with Gasteiger partial charge >= 0.3 is 0 Å². The molecule has 8 heteroatoms. The van der Waals surface area contributed by atoms with Gasteiger partial charge in [0, 0.05) is 59.4 Å². The van der Waals surface area contributed by atoms with Crippen molar-refractivity contribution in [2.75, 3.05) is 64.4 Å². The van der Waals surface area contributed by atoms with Crippen molar-refractivity contribution in [1.82, 2.24) is 9.80 Å². The maximum atomic E-state index is 8.39. The highest BCUT2D eigenvalue weighted by atomic mass is 35.5. The minimum atomic E-state index is 0.248. The Bertz CT molecular complexity index is 935. The number of nitrogens with zero attached hydrogens (tertiary/aromatic N) is 3. The topological polar surface area (TPSA) is 39.2 Å². The fraction of sp³-hybridized carbons (Fsp3) is 0.586. The third kappa shape index (κ3) is 9.95. The molecule has 2 aliphatic heterocycles. The van der Waals surface area contributed by atoms with Crippen molar-refractivity contribution < 1.29 is 9.29 Å². The largest absolute Gasteiger partial charge is 0.396 e. The predicted molar refractivity (Wildman–Crippen MR) is 162 cm³/mol. The van der Waals surface area contributed by atoms with Gasteiger partial charge in [0.05, 0.1) is 18.5 Å². The van der Waals surface area contributed by atoms with Crippen LogP contribution in [-0.2, 0) is 4.18 Å². The van der Waals surface area contributed by atoms with Crippen LogP contribution in [0.2, 0.25) is 5.02 Å². The molecule has 5 nitrogen and oxygen atoms in total. The molecule has 2 aliphatic rings. The number of aliphatic hydroxyl groups is 1. The molecule has 1 saturated heterocycles. The van der Waals surface area contributed by atoms with Gasteiger partial charge in [-0.05, 0) is 80.6 Å². The van der Waals surface area contributed by atoms with E-state index in [-0.39, 0.29) is 6.61 Å². The van der Waals surface area contributed by atoms with Crippen LogP contribution in [0.3, 0.4) is 0 Å². The van der Waals surface area contributed by atoms with Crippen molar-refractivity contribution in [2.24, 2.45) is 5.92 Å². The Labute approximate surface area is 238 Å². The molecular formula is C29H44ClN3O2S2. The van der Waals surface area contributed by atoms with Gasteiger partial charge in [0.2, 0.25) is 0 Å². The molecule has 0 spiro atoms. The number of halogens is 1. The van der Waals surface area contributed by atoms with E-state index in [4.69, 9.17) is 20.9 Å². The molecular weight excluding hydrogens is 522 g/mol. The number of para-hydroxylation sites is 1. The van der Waals surface area contributed by atoms with Gasteiger partial charge < -0.3 is 24.0 Å². The van der Waals surface area contributed by atoms with Crippen LogP contribution in [0, 0.1) is 5.92 Å². The molecule has 1 atom stereocenters. The molecule has 4 rings (SSSR count). The summed E-state index contributed by atoms with van der Waals surface area (Å²) < 4.78 is 4.76. The highest BCUT2D eigenvalue weighted by Crippen LogP contribution is 2.48. The van der Waals surface area contributed by atoms with Crippen molar-refractivity contribution in [3.63, 3.8) is 0 Å². The zero-order chi connectivity index (χ0) is 26.6. The molecule has 206 valence electrons. The van der Waals surface area contributed by atoms with Crippen molar-refractivity contribution in [3.8, 4) is 0 Å². The monoisotopic (exact) mass is 565 g/mol. The second-order valence-corrected chi connectivity index (χ2v) is 13.0. The van der Waals surface area contributed by atoms with Crippen LogP contribution in [0.5, 0.6) is 0 Å². The van der Waals surface area contributed by atoms with Gasteiger partial charge in [-0.25, -0.2) is 0 Å². The minimum absolute atomic E-state index is 0.248. The van der Waals surface area contributed by atoms with Gasteiger partial charge in [-0.1, -0.05) is 56.3 Å². The Kier molecular flexibility index (Phi) is 13.4. The van der Waals surface area contributed by atoms with Gasteiger partial charge in [-0.15, -0.1) is 0 Å². The van der Waals surface area contributed by atoms with Crippen molar-refractivity contribution >= 4 is 46.8 Å². The molecule has 0 saturated carbocycles. The fourth-order valence-corrected chi connectivity index (χ4v) is 6.34. The van der Waals surface area contributed by atoms with Gasteiger partial charge in [-0.2, -0.15) is 0 Å². The van der Waals surface area contributed by atoms with E-state index in [1.165, 1.54) is 78.9 Å². The summed E-state index contributed by atoms with van der Waals surface area (Å²) in [5.41, 5.74) is 2.56. The van der Waals surface area contributed by atoms with Crippen molar-refractivity contribution in [1.29, 1.82) is 0 Å². The zero-order valence-corrected chi connectivity index (χ0v) is 25.3. The lowest BCUT2D eigenvalue weighted by molar-refractivity contribution is 0.127. The van der Waals surface area contributed by atoms with Gasteiger partial charge in [0.25, 0.3) is 0 Å². The third-order valence-corrected chi connectivity index (χ3v) is 8.85. The average molecular weight is 566 g/mol. The molecule has 0 amide bonds. The Morgan fingerprint density at radius 1 is 0.919 bits per heavy atom. The molecule has 0 aromatic heterocycles. The van der Waals surface area contributed by atoms with E-state index in [1.807, 2.05) is 24.8 Å². The molecule has 2 heterocycles. The smallest absolute Gasteiger partial charge is 0.0567 e. The maximum Gasteiger partial charge on any atom is 0.0567 e. The summed E-state index contributed by atoms with van der Waals surface area (Å²) in [6.07, 6.45) is 3.28. The fourth-order valence-electron chi connectivity index (χ4n) is 4.57. The Balaban J connectivity index is 0.000000414. The molecule has 37 heavy (non-hydrogen) atoms. The molecule has 1 fully saturated rings. The lowest BCUT2D eigenvalue weighted by Crippen LogP contribution is -2.47. The Morgan fingerprint density at radius 3 is 2.27 bits per heavy atom. The van der Waals surface area contributed by atoms with Crippen LogP contribution in [0.15, 0.2) is 52.3 Å². The standard InChI is InChI=1S/C24H32ClN3S.C5H12O2S/c1-19(2)10-13-27-16-14-26(15-17-27)11-5-12-28-21-6-3-4-7-23(21)29-24-9-8-20(25)18-22(24)28;1-5(3-4-6)8-7-2/h3-4,6-9,18-19H,5,10-17H2,1-2H3;5-6H,3-4H2,1-2H3. The molecule has 0 bridgehead atoms. The van der Waals surface area contributed by atoms with Crippen molar-refractivity contribution in [2.45, 2.75) is 55.1 Å². The second-order valence-electron chi connectivity index (χ2n) is 10.1. The molecule has 0 aliphatic carbocycles. The van der Waals surface area contributed by atoms with Gasteiger partial charge in [-0.3, -0.25) is 0 Å². The summed E-state index contributed by atoms with van der Waals surface area (Å²) in [5, 5.41) is 9.61. The number of anilines is 2. The summed E-state index contributed by atoms with van der Waals surface area (Å²) in [4.78, 5) is 10.4. The highest BCUT2D eigenvalue weighted by molar-refractivity contribution is 7.99. The molecule has 0 radical (unpaired) electrons. The first-order valence-electron chi connectivity index (χ1n) is 13.5. The summed E-state index contributed by atoms with van der Waals surface area (Å²) in [6, 6.07) is 15.0. The van der Waals surface area contributed by atoms with Crippen molar-refractivity contribution in [3.05, 3.63) is 47.5 Å². The maximum absolute atomic E-state index is 8.39. The SMILES string of the molecule is CC(C)CCN1CCN(CCCN2c3ccccc3Sc3ccc(Cl)cc32)CC1.COSC(C)CCO. The average Bonchev–Trinajstić information content (AvgIpc) is 2.89. The van der Waals surface area contributed by atoms with Crippen LogP contribution >= 0.6 is 35.4 Å². The molecule has 1 unspecified atom stereocenters.